The Bertz CT molecular complexity index is 277. The van der Waals surface area contributed by atoms with E-state index in [0.29, 0.717) is 6.04 Å². The van der Waals surface area contributed by atoms with Gasteiger partial charge in [-0.3, -0.25) is 9.80 Å². The lowest BCUT2D eigenvalue weighted by atomic mass is 9.77. The molecule has 2 saturated heterocycles. The zero-order valence-electron chi connectivity index (χ0n) is 13.2. The smallest absolute Gasteiger partial charge is 0.0173 e. The Morgan fingerprint density at radius 3 is 2.05 bits per heavy atom. The van der Waals surface area contributed by atoms with Crippen LogP contribution in [0.1, 0.15) is 40.5 Å². The van der Waals surface area contributed by atoms with Gasteiger partial charge >= 0.3 is 0 Å². The first-order chi connectivity index (χ1) is 8.81. The van der Waals surface area contributed by atoms with Crippen LogP contribution in [0.15, 0.2) is 0 Å². The molecule has 2 fully saturated rings. The predicted molar refractivity (Wildman–Crippen MR) is 81.4 cm³/mol. The van der Waals surface area contributed by atoms with Crippen molar-refractivity contribution in [1.29, 1.82) is 0 Å². The summed E-state index contributed by atoms with van der Waals surface area (Å²) in [6.07, 6.45) is 2.22. The van der Waals surface area contributed by atoms with E-state index in [0.717, 1.165) is 32.5 Å². The van der Waals surface area contributed by atoms with Crippen molar-refractivity contribution in [3.05, 3.63) is 0 Å². The maximum atomic E-state index is 6.24. The molecule has 2 rings (SSSR count). The summed E-state index contributed by atoms with van der Waals surface area (Å²) in [5.41, 5.74) is 6.68. The fraction of sp³-hybridized carbons (Fsp3) is 1.00. The van der Waals surface area contributed by atoms with Gasteiger partial charge in [-0.05, 0) is 40.5 Å². The largest absolute Gasteiger partial charge is 0.328 e. The van der Waals surface area contributed by atoms with Gasteiger partial charge in [-0.1, -0.05) is 0 Å². The highest BCUT2D eigenvalue weighted by Crippen LogP contribution is 2.37. The summed E-state index contributed by atoms with van der Waals surface area (Å²) in [6.45, 7) is 16.4. The number of nitrogens with zero attached hydrogens (tertiary/aromatic N) is 2. The molecule has 2 aliphatic rings. The third-order valence-corrected chi connectivity index (χ3v) is 4.83. The van der Waals surface area contributed by atoms with Gasteiger partial charge in [-0.15, -0.1) is 0 Å². The summed E-state index contributed by atoms with van der Waals surface area (Å²) >= 11 is 0. The second-order valence-electron chi connectivity index (χ2n) is 7.54. The Balaban J connectivity index is 1.95. The molecule has 112 valence electrons. The average Bonchev–Trinajstić information content (AvgIpc) is 2.26. The second-order valence-corrected chi connectivity index (χ2v) is 7.54. The molecule has 19 heavy (non-hydrogen) atoms. The monoisotopic (exact) mass is 268 g/mol. The van der Waals surface area contributed by atoms with Gasteiger partial charge in [0.05, 0.1) is 0 Å². The number of nitrogens with one attached hydrogen (secondary N) is 1. The SMILES string of the molecule is CC1(C)CC(N)CC(C)(C)N1CCN1CCNCC1. The molecule has 0 spiro atoms. The van der Waals surface area contributed by atoms with Crippen molar-refractivity contribution < 1.29 is 0 Å². The van der Waals surface area contributed by atoms with Crippen LogP contribution in [0.5, 0.6) is 0 Å². The molecule has 4 nitrogen and oxygen atoms in total. The normalized spacial score (nSPS) is 29.5. The Morgan fingerprint density at radius 1 is 1.00 bits per heavy atom. The van der Waals surface area contributed by atoms with Crippen molar-refractivity contribution in [3.63, 3.8) is 0 Å². The minimum Gasteiger partial charge on any atom is -0.328 e. The second kappa shape index (κ2) is 5.68. The first-order valence-corrected chi connectivity index (χ1v) is 7.78. The minimum atomic E-state index is 0.217. The summed E-state index contributed by atoms with van der Waals surface area (Å²) in [7, 11) is 0. The molecule has 3 N–H and O–H groups in total. The van der Waals surface area contributed by atoms with E-state index in [1.807, 2.05) is 0 Å². The molecular weight excluding hydrogens is 236 g/mol. The van der Waals surface area contributed by atoms with Crippen molar-refractivity contribution in [2.45, 2.75) is 57.7 Å². The van der Waals surface area contributed by atoms with E-state index < -0.39 is 0 Å². The van der Waals surface area contributed by atoms with Crippen LogP contribution in [0, 0.1) is 0 Å². The van der Waals surface area contributed by atoms with Gasteiger partial charge in [0.15, 0.2) is 0 Å². The molecule has 0 unspecified atom stereocenters. The van der Waals surface area contributed by atoms with Crippen molar-refractivity contribution in [2.24, 2.45) is 5.73 Å². The van der Waals surface area contributed by atoms with Crippen LogP contribution in [0.2, 0.25) is 0 Å². The Labute approximate surface area is 118 Å². The van der Waals surface area contributed by atoms with Gasteiger partial charge in [0.1, 0.15) is 0 Å². The molecule has 0 radical (unpaired) electrons. The third-order valence-electron chi connectivity index (χ3n) is 4.83. The minimum absolute atomic E-state index is 0.217. The van der Waals surface area contributed by atoms with Crippen LogP contribution in [0.25, 0.3) is 0 Å². The third kappa shape index (κ3) is 3.69. The molecule has 0 amide bonds. The fourth-order valence-corrected chi connectivity index (χ4v) is 4.18. The Hall–Kier alpha value is -0.160. The summed E-state index contributed by atoms with van der Waals surface area (Å²) < 4.78 is 0. The molecule has 0 aliphatic carbocycles. The topological polar surface area (TPSA) is 44.5 Å². The Morgan fingerprint density at radius 2 is 1.53 bits per heavy atom. The van der Waals surface area contributed by atoms with Crippen molar-refractivity contribution in [1.82, 2.24) is 15.1 Å². The fourth-order valence-electron chi connectivity index (χ4n) is 4.18. The molecule has 4 heteroatoms. The van der Waals surface area contributed by atoms with E-state index in [1.165, 1.54) is 19.6 Å². The van der Waals surface area contributed by atoms with E-state index in [-0.39, 0.29) is 11.1 Å². The maximum Gasteiger partial charge on any atom is 0.0173 e. The molecule has 0 bridgehead atoms. The molecule has 0 atom stereocenters. The van der Waals surface area contributed by atoms with E-state index >= 15 is 0 Å². The predicted octanol–water partition coefficient (Wildman–Crippen LogP) is 0.872. The van der Waals surface area contributed by atoms with E-state index in [9.17, 15) is 0 Å². The van der Waals surface area contributed by atoms with Crippen LogP contribution in [-0.2, 0) is 0 Å². The van der Waals surface area contributed by atoms with Gasteiger partial charge in [-0.2, -0.15) is 0 Å². The van der Waals surface area contributed by atoms with E-state index in [4.69, 9.17) is 5.73 Å². The van der Waals surface area contributed by atoms with Gasteiger partial charge < -0.3 is 11.1 Å². The van der Waals surface area contributed by atoms with Crippen LogP contribution < -0.4 is 11.1 Å². The van der Waals surface area contributed by atoms with E-state index in [2.05, 4.69) is 42.8 Å². The number of piperidine rings is 1. The van der Waals surface area contributed by atoms with Crippen LogP contribution in [0.4, 0.5) is 0 Å². The van der Waals surface area contributed by atoms with Crippen LogP contribution in [-0.4, -0.2) is 66.2 Å². The van der Waals surface area contributed by atoms with Crippen LogP contribution >= 0.6 is 0 Å². The maximum absolute atomic E-state index is 6.24. The quantitative estimate of drug-likeness (QED) is 0.797. The lowest BCUT2D eigenvalue weighted by Crippen LogP contribution is -2.64. The number of hydrogen-bond acceptors (Lipinski definition) is 4. The number of rotatable bonds is 3. The van der Waals surface area contributed by atoms with E-state index in [1.54, 1.807) is 0 Å². The van der Waals surface area contributed by atoms with Crippen molar-refractivity contribution in [2.75, 3.05) is 39.3 Å². The van der Waals surface area contributed by atoms with Gasteiger partial charge in [-0.25, -0.2) is 0 Å². The number of nitrogens with two attached hydrogens (primary N) is 1. The number of likely N-dealkylation sites (tertiary alicyclic amines) is 1. The highest BCUT2D eigenvalue weighted by Gasteiger charge is 2.43. The summed E-state index contributed by atoms with van der Waals surface area (Å²) in [5, 5.41) is 3.42. The molecule has 0 aromatic heterocycles. The summed E-state index contributed by atoms with van der Waals surface area (Å²) in [4.78, 5) is 5.27. The number of piperazine rings is 1. The molecule has 0 aromatic rings. The first kappa shape index (κ1) is 15.2. The lowest BCUT2D eigenvalue weighted by molar-refractivity contribution is -0.0400. The van der Waals surface area contributed by atoms with Crippen molar-refractivity contribution in [3.8, 4) is 0 Å². The highest BCUT2D eigenvalue weighted by molar-refractivity contribution is 5.01. The van der Waals surface area contributed by atoms with Gasteiger partial charge in [0.2, 0.25) is 0 Å². The average molecular weight is 268 g/mol. The molecule has 0 saturated carbocycles. The van der Waals surface area contributed by atoms with Crippen LogP contribution in [0.3, 0.4) is 0 Å². The molecule has 2 aliphatic heterocycles. The standard InChI is InChI=1S/C15H32N4/c1-14(2)11-13(16)12-15(3,4)19(14)10-9-18-7-5-17-6-8-18/h13,17H,5-12,16H2,1-4H3. The summed E-state index contributed by atoms with van der Waals surface area (Å²) in [5.74, 6) is 0. The number of hydrogen-bond donors (Lipinski definition) is 2. The molecular formula is C15H32N4. The summed E-state index contributed by atoms with van der Waals surface area (Å²) in [6, 6.07) is 0.348. The van der Waals surface area contributed by atoms with Gasteiger partial charge in [0, 0.05) is 56.4 Å². The Kier molecular flexibility index (Phi) is 4.56. The highest BCUT2D eigenvalue weighted by atomic mass is 15.3. The lowest BCUT2D eigenvalue weighted by Gasteiger charge is -2.55. The zero-order chi connectivity index (χ0) is 14.1. The zero-order valence-corrected chi connectivity index (χ0v) is 13.2. The molecule has 0 aromatic carbocycles. The van der Waals surface area contributed by atoms with Crippen molar-refractivity contribution >= 4 is 0 Å². The van der Waals surface area contributed by atoms with Gasteiger partial charge in [0.25, 0.3) is 0 Å². The molecule has 2 heterocycles. The first-order valence-electron chi connectivity index (χ1n) is 7.78.